The zero-order chi connectivity index (χ0) is 56.7. The minimum Gasteiger partial charge on any atom is -0.496 e. The molecule has 0 aliphatic heterocycles. The van der Waals surface area contributed by atoms with Gasteiger partial charge >= 0.3 is 8.60 Å². The molecular weight excluding hydrogens is 1020 g/mol. The smallest absolute Gasteiger partial charge is 0.496 e. The predicted molar refractivity (Wildman–Crippen MR) is 311 cm³/mol. The van der Waals surface area contributed by atoms with E-state index < -0.39 is 17.0 Å². The Morgan fingerprint density at radius 2 is 1.13 bits per heavy atom. The molecule has 402 valence electrons. The molecular formula is C60H68O13P2S. The van der Waals surface area contributed by atoms with Crippen LogP contribution in [0, 0.1) is 19.8 Å². The summed E-state index contributed by atoms with van der Waals surface area (Å²) in [6, 6.07) is 34.3. The molecule has 6 aromatic carbocycles. The first-order valence-corrected chi connectivity index (χ1v) is 26.9. The first-order valence-electron chi connectivity index (χ1n) is 23.3. The monoisotopic (exact) mass is 1090 g/mol. The highest BCUT2D eigenvalue weighted by Gasteiger charge is 2.26. The lowest BCUT2D eigenvalue weighted by Crippen LogP contribution is -2.01. The maximum atomic E-state index is 11.4. The zero-order valence-electron chi connectivity index (χ0n) is 44.9. The van der Waals surface area contributed by atoms with Crippen LogP contribution < -0.4 is 23.0 Å². The third kappa shape index (κ3) is 22.1. The molecule has 0 bridgehead atoms. The third-order valence-corrected chi connectivity index (χ3v) is 12.4. The second-order valence-electron chi connectivity index (χ2n) is 14.3. The van der Waals surface area contributed by atoms with Crippen LogP contribution in [-0.2, 0) is 28.1 Å². The van der Waals surface area contributed by atoms with Crippen LogP contribution in [0.5, 0.6) is 28.7 Å². The molecule has 2 unspecified atom stereocenters. The molecule has 76 heavy (non-hydrogen) atoms. The Morgan fingerprint density at radius 1 is 0.632 bits per heavy atom. The van der Waals surface area contributed by atoms with Crippen molar-refractivity contribution in [1.29, 1.82) is 0 Å². The fourth-order valence-electron chi connectivity index (χ4n) is 6.12. The average Bonchev–Trinajstić information content (AvgIpc) is 3.46. The van der Waals surface area contributed by atoms with E-state index in [2.05, 4.69) is 24.2 Å². The number of aldehydes is 4. The second-order valence-corrected chi connectivity index (χ2v) is 17.5. The molecule has 0 saturated heterocycles. The maximum absolute atomic E-state index is 11.4. The Balaban J connectivity index is 0.00000116. The van der Waals surface area contributed by atoms with Crippen LogP contribution in [0.2, 0.25) is 0 Å². The number of hydrogen-bond acceptors (Lipinski definition) is 14. The molecule has 6 aromatic rings. The molecule has 16 heteroatoms. The molecule has 2 atom stereocenters. The van der Waals surface area contributed by atoms with Crippen molar-refractivity contribution in [3.63, 3.8) is 0 Å². The van der Waals surface area contributed by atoms with E-state index >= 15 is 0 Å². The normalized spacial score (nSPS) is 11.3. The number of allylic oxidation sites excluding steroid dienone is 6. The minimum absolute atomic E-state index is 0.141. The van der Waals surface area contributed by atoms with Crippen LogP contribution in [0.15, 0.2) is 180 Å². The molecule has 0 aliphatic carbocycles. The number of methoxy groups -OCH3 is 4. The van der Waals surface area contributed by atoms with Crippen molar-refractivity contribution in [3.05, 3.63) is 187 Å². The molecule has 0 saturated carbocycles. The number of fused-ring (bicyclic) bond motifs is 2. The Bertz CT molecular complexity index is 2880. The predicted octanol–water partition coefficient (Wildman–Crippen LogP) is 15.8. The molecule has 6 rings (SSSR count). The fourth-order valence-corrected chi connectivity index (χ4v) is 9.31. The van der Waals surface area contributed by atoms with Gasteiger partial charge in [-0.05, 0) is 103 Å². The highest BCUT2D eigenvalue weighted by molar-refractivity contribution is 8.00. The lowest BCUT2D eigenvalue weighted by molar-refractivity contribution is -0.107. The summed E-state index contributed by atoms with van der Waals surface area (Å²) in [6.07, 6.45) is 22.9. The Kier molecular flexibility index (Phi) is 34.7. The quantitative estimate of drug-likeness (QED) is 0.0208. The molecule has 0 radical (unpaired) electrons. The molecule has 0 aromatic heterocycles. The topological polar surface area (TPSA) is 151 Å². The number of hydrogen-bond donors (Lipinski definition) is 0. The SMILES string of the molecule is C#C.C=C/C=C\C=C\OP(OC(=C/C)/C(=C\CC=O)OC)Oc1ccc2ccccc2c1Sc1c(OP(C)Oc2ccc(C=O)cc2OC)ccc2ccccc12.CC.CC=O.COC.COc1cc(C=O)ccc1C. The van der Waals surface area contributed by atoms with Crippen molar-refractivity contribution in [1.82, 2.24) is 0 Å². The maximum Gasteiger partial charge on any atom is 0.529 e. The van der Waals surface area contributed by atoms with Gasteiger partial charge in [-0.25, -0.2) is 0 Å². The van der Waals surface area contributed by atoms with E-state index in [9.17, 15) is 14.4 Å². The van der Waals surface area contributed by atoms with Crippen molar-refractivity contribution >= 4 is 75.4 Å². The molecule has 0 fully saturated rings. The summed E-state index contributed by atoms with van der Waals surface area (Å²) in [6.45, 7) is 14.7. The van der Waals surface area contributed by atoms with Crippen LogP contribution in [-0.4, -0.2) is 67.4 Å². The van der Waals surface area contributed by atoms with Gasteiger partial charge in [0.25, 0.3) is 8.38 Å². The lowest BCUT2D eigenvalue weighted by atomic mass is 10.1. The van der Waals surface area contributed by atoms with Gasteiger partial charge in [0, 0.05) is 38.4 Å². The van der Waals surface area contributed by atoms with Gasteiger partial charge in [0.15, 0.2) is 23.0 Å². The van der Waals surface area contributed by atoms with Crippen molar-refractivity contribution < 1.29 is 60.7 Å². The third-order valence-electron chi connectivity index (χ3n) is 9.29. The van der Waals surface area contributed by atoms with Crippen molar-refractivity contribution in [3.8, 4) is 41.6 Å². The summed E-state index contributed by atoms with van der Waals surface area (Å²) in [7, 11) is 4.23. The molecule has 0 spiro atoms. The van der Waals surface area contributed by atoms with Gasteiger partial charge in [0.05, 0.1) is 37.4 Å². The number of rotatable bonds is 22. The van der Waals surface area contributed by atoms with Gasteiger partial charge in [-0.15, -0.1) is 12.8 Å². The average molecular weight is 1090 g/mol. The molecule has 0 amide bonds. The summed E-state index contributed by atoms with van der Waals surface area (Å²) < 4.78 is 52.1. The van der Waals surface area contributed by atoms with Gasteiger partial charge in [-0.1, -0.05) is 123 Å². The Labute approximate surface area is 455 Å². The summed E-state index contributed by atoms with van der Waals surface area (Å²) in [5.74, 6) is 3.47. The van der Waals surface area contributed by atoms with Gasteiger partial charge in [-0.3, -0.25) is 9.59 Å². The van der Waals surface area contributed by atoms with Crippen LogP contribution >= 0.6 is 28.7 Å². The highest BCUT2D eigenvalue weighted by Crippen LogP contribution is 2.53. The van der Waals surface area contributed by atoms with Crippen molar-refractivity contribution in [2.75, 3.05) is 42.2 Å². The Hall–Kier alpha value is -7.65. The van der Waals surface area contributed by atoms with Crippen LogP contribution in [0.3, 0.4) is 0 Å². The second kappa shape index (κ2) is 39.8. The number of carbonyl (C=O) groups is 4. The zero-order valence-corrected chi connectivity index (χ0v) is 47.5. The van der Waals surface area contributed by atoms with Crippen LogP contribution in [0.4, 0.5) is 0 Å². The van der Waals surface area contributed by atoms with Crippen LogP contribution in [0.25, 0.3) is 21.5 Å². The van der Waals surface area contributed by atoms with E-state index in [1.807, 2.05) is 106 Å². The van der Waals surface area contributed by atoms with Gasteiger partial charge in [0.1, 0.15) is 42.4 Å². The van der Waals surface area contributed by atoms with E-state index in [0.717, 1.165) is 67.8 Å². The Morgan fingerprint density at radius 3 is 1.63 bits per heavy atom. The first kappa shape index (κ1) is 66.4. The minimum atomic E-state index is -2.11. The summed E-state index contributed by atoms with van der Waals surface area (Å²) in [5, 5.41) is 3.92. The molecule has 0 heterocycles. The van der Waals surface area contributed by atoms with Gasteiger partial charge in [-0.2, -0.15) is 0 Å². The van der Waals surface area contributed by atoms with E-state index in [0.29, 0.717) is 45.6 Å². The van der Waals surface area contributed by atoms with E-state index in [1.165, 1.54) is 39.2 Å². The molecule has 0 aliphatic rings. The van der Waals surface area contributed by atoms with E-state index in [1.54, 1.807) is 95.0 Å². The highest BCUT2D eigenvalue weighted by atomic mass is 32.2. The number of aryl methyl sites for hydroxylation is 1. The summed E-state index contributed by atoms with van der Waals surface area (Å²) in [5.41, 5.74) is 2.16. The van der Waals surface area contributed by atoms with E-state index in [-0.39, 0.29) is 6.42 Å². The molecule has 0 N–H and O–H groups in total. The summed E-state index contributed by atoms with van der Waals surface area (Å²) in [4.78, 5) is 43.3. The van der Waals surface area contributed by atoms with Crippen molar-refractivity contribution in [2.24, 2.45) is 0 Å². The molecule has 13 nitrogen and oxygen atoms in total. The number of terminal acetylenes is 1. The number of ether oxygens (including phenoxy) is 4. The first-order chi connectivity index (χ1) is 37.0. The van der Waals surface area contributed by atoms with Gasteiger partial charge in [0.2, 0.25) is 0 Å². The van der Waals surface area contributed by atoms with Gasteiger partial charge < -0.3 is 51.2 Å². The largest absolute Gasteiger partial charge is 0.529 e. The standard InChI is InChI=1S/C43H40O9P2S.C9H10O2.C2H6O.C2H4O.C2H6.C2H2/c1-6-8-9-14-28-48-54(51-36(7-2)37(46-3)20-15-27-44)52-40-26-23-33-17-11-13-19-35(33)43(40)55-42-34-18-12-10-16-32(34)22-25-39(42)50-53(5)49-38-24-21-31(30-45)29-41(38)47-4;1-7-3-4-8(6-10)5-9(7)11-2;1-3-2;1-2-3;2*1-2/h6-14,16-30H,1,15H2,2-5H3;3-6H,1-2H3;1-2H3;2H,1H3;1-2H3;1-2H/b9-8-,28-14+,36-7+,37-20+;;;;;. The van der Waals surface area contributed by atoms with E-state index in [4.69, 9.17) is 41.6 Å². The number of benzene rings is 6. The fraction of sp³-hybridized carbons (Fsp3) is 0.200. The summed E-state index contributed by atoms with van der Waals surface area (Å²) >= 11 is 1.49. The van der Waals surface area contributed by atoms with Crippen LogP contribution in [0.1, 0.15) is 60.4 Å². The lowest BCUT2D eigenvalue weighted by Gasteiger charge is -2.22. The number of carbonyl (C=O) groups excluding carboxylic acids is 4. The van der Waals surface area contributed by atoms with Crippen molar-refractivity contribution in [2.45, 2.75) is 50.8 Å².